The van der Waals surface area contributed by atoms with Crippen LogP contribution >= 0.6 is 0 Å². The summed E-state index contributed by atoms with van der Waals surface area (Å²) >= 11 is 0. The predicted molar refractivity (Wildman–Crippen MR) is 290 cm³/mol. The van der Waals surface area contributed by atoms with Crippen LogP contribution in [0.2, 0.25) is 0 Å². The minimum absolute atomic E-state index is 0.0133. The van der Waals surface area contributed by atoms with Crippen LogP contribution in [-0.2, 0) is 28.6 Å². The Morgan fingerprint density at radius 1 is 0.939 bits per heavy atom. The van der Waals surface area contributed by atoms with Crippen LogP contribution in [0.25, 0.3) is 10.9 Å². The number of carboxylic acids is 1. The van der Waals surface area contributed by atoms with Crippen LogP contribution in [0, 0.1) is 24.6 Å². The number of anilines is 1. The van der Waals surface area contributed by atoms with Gasteiger partial charge < -0.3 is 80.6 Å². The van der Waals surface area contributed by atoms with Gasteiger partial charge in [0.2, 0.25) is 22.9 Å². The monoisotopic (exact) mass is 1140 g/mol. The number of aromatic nitrogens is 1. The molecule has 0 radical (unpaired) electrons. The van der Waals surface area contributed by atoms with Gasteiger partial charge in [0, 0.05) is 88.9 Å². The van der Waals surface area contributed by atoms with Crippen LogP contribution in [0.5, 0.6) is 17.2 Å². The van der Waals surface area contributed by atoms with Gasteiger partial charge in [-0.3, -0.25) is 33.6 Å². The summed E-state index contributed by atoms with van der Waals surface area (Å²) in [4.78, 5) is 114. The number of esters is 1. The van der Waals surface area contributed by atoms with Crippen molar-refractivity contribution in [2.75, 3.05) is 45.3 Å². The third-order valence-electron chi connectivity index (χ3n) is 16.1. The normalized spacial score (nSPS) is 28.4. The Labute approximate surface area is 469 Å². The number of fused-ring (bicyclic) bond motifs is 15. The van der Waals surface area contributed by atoms with E-state index in [2.05, 4.69) is 10.6 Å². The molecule has 2 saturated heterocycles. The van der Waals surface area contributed by atoms with Crippen LogP contribution in [0.15, 0.2) is 64.6 Å². The molecule has 24 nitrogen and oxygen atoms in total. The summed E-state index contributed by atoms with van der Waals surface area (Å²) in [5.74, 6) is -12.1. The number of aromatic hydroxyl groups is 1. The number of piperidine rings is 1. The number of nitrogens with two attached hydrogens (primary N) is 2. The van der Waals surface area contributed by atoms with Crippen LogP contribution in [0.4, 0.5) is 10.1 Å². The fourth-order valence-corrected chi connectivity index (χ4v) is 11.3. The number of aliphatic hydroxyl groups is 2. The number of hydrogen-bond acceptors (Lipinski definition) is 20. The summed E-state index contributed by atoms with van der Waals surface area (Å²) < 4.78 is 46.8. The molecule has 82 heavy (non-hydrogen) atoms. The second kappa shape index (κ2) is 22.8. The predicted octanol–water partition coefficient (Wildman–Crippen LogP) is 2.31. The van der Waals surface area contributed by atoms with Gasteiger partial charge in [-0.15, -0.1) is 0 Å². The second-order valence-electron chi connectivity index (χ2n) is 21.8. The SMILES string of the molecule is COc1c(N2CCCC(NC(=O)C3CN(C4=C5NC(=O)/C(C)=C\C=C[C@H](C)[C@H](O)[C@@H](N)[C@@H](O)[C@@H](N)[C@H](OC(C)=O)C[C@@H](OC)/C=C/O[C@@]6(C)Oc7c(C)c(O)c(c(c7C6=O)C4=O)C5=O)C3)C2)c(F)cc2c(=O)c(C(=O)O)cn(C3CC3)c12. The van der Waals surface area contributed by atoms with E-state index in [9.17, 15) is 54.0 Å². The zero-order valence-electron chi connectivity index (χ0n) is 46.1. The molecule has 438 valence electrons. The third kappa shape index (κ3) is 10.6. The van der Waals surface area contributed by atoms with Crippen LogP contribution in [0.1, 0.15) is 113 Å². The molecule has 6 heterocycles. The van der Waals surface area contributed by atoms with Crippen molar-refractivity contribution in [1.29, 1.82) is 0 Å². The number of aliphatic hydroxyl groups excluding tert-OH is 2. The van der Waals surface area contributed by atoms with Gasteiger partial charge in [0.15, 0.2) is 11.6 Å². The van der Waals surface area contributed by atoms with Crippen molar-refractivity contribution in [2.45, 2.75) is 121 Å². The molecule has 25 heteroatoms. The number of amides is 2. The van der Waals surface area contributed by atoms with E-state index < -0.39 is 152 Å². The van der Waals surface area contributed by atoms with Crippen molar-refractivity contribution in [3.05, 3.63) is 104 Å². The molecule has 1 unspecified atom stereocenters. The molecule has 9 atom stereocenters. The third-order valence-corrected chi connectivity index (χ3v) is 16.1. The van der Waals surface area contributed by atoms with E-state index in [-0.39, 0.29) is 71.3 Å². The number of carboxylic acid groups (broad SMARTS) is 1. The van der Waals surface area contributed by atoms with Gasteiger partial charge in [0.1, 0.15) is 40.2 Å². The van der Waals surface area contributed by atoms with Crippen molar-refractivity contribution in [3.8, 4) is 17.2 Å². The maximum atomic E-state index is 16.3. The minimum atomic E-state index is -2.24. The van der Waals surface area contributed by atoms with Gasteiger partial charge in [-0.2, -0.15) is 0 Å². The zero-order valence-corrected chi connectivity index (χ0v) is 46.1. The Morgan fingerprint density at radius 3 is 2.29 bits per heavy atom. The molecule has 1 aromatic heterocycles. The van der Waals surface area contributed by atoms with Gasteiger partial charge in [0.25, 0.3) is 11.7 Å². The number of benzene rings is 2. The van der Waals surface area contributed by atoms with E-state index >= 15 is 9.18 Å². The van der Waals surface area contributed by atoms with Crippen molar-refractivity contribution < 1.29 is 82.1 Å². The fourth-order valence-electron chi connectivity index (χ4n) is 11.3. The topological polar surface area (TPSA) is 351 Å². The van der Waals surface area contributed by atoms with Gasteiger partial charge in [-0.1, -0.05) is 25.2 Å². The molecular formula is C57H66FN7O17. The molecule has 1 saturated carbocycles. The number of nitrogens with zero attached hydrogens (tertiary/aromatic N) is 3. The summed E-state index contributed by atoms with van der Waals surface area (Å²) in [5, 5.41) is 49.5. The van der Waals surface area contributed by atoms with E-state index in [1.54, 1.807) is 16.4 Å². The summed E-state index contributed by atoms with van der Waals surface area (Å²) in [6, 6.07) is -2.40. The number of Topliss-reactive ketones (excluding diaryl/α,β-unsaturated/α-hetero) is 3. The molecule has 7 aliphatic rings. The molecule has 2 aromatic carbocycles. The Hall–Kier alpha value is -7.97. The highest BCUT2D eigenvalue weighted by atomic mass is 19.1. The van der Waals surface area contributed by atoms with Crippen molar-refractivity contribution >= 4 is 57.7 Å². The number of hydrogen-bond donors (Lipinski definition) is 8. The van der Waals surface area contributed by atoms with Crippen molar-refractivity contribution in [2.24, 2.45) is 23.3 Å². The number of rotatable bonds is 9. The molecule has 10 N–H and O–H groups in total. The molecule has 5 aliphatic heterocycles. The average molecular weight is 1140 g/mol. The van der Waals surface area contributed by atoms with Gasteiger partial charge >= 0.3 is 17.7 Å². The molecule has 3 fully saturated rings. The summed E-state index contributed by atoms with van der Waals surface area (Å²) in [6.45, 7) is 6.79. The number of aromatic carboxylic acids is 1. The quantitative estimate of drug-likeness (QED) is 0.143. The first-order valence-electron chi connectivity index (χ1n) is 26.9. The minimum Gasteiger partial charge on any atom is -0.507 e. The van der Waals surface area contributed by atoms with Gasteiger partial charge in [-0.05, 0) is 51.7 Å². The number of carbonyl (C=O) groups is 7. The van der Waals surface area contributed by atoms with E-state index in [4.69, 9.17) is 35.2 Å². The Kier molecular flexibility index (Phi) is 16.3. The van der Waals surface area contributed by atoms with E-state index in [0.29, 0.717) is 32.2 Å². The fraction of sp³-hybridized carbons (Fsp3) is 0.474. The Bertz CT molecular complexity index is 3400. The number of phenols is 1. The second-order valence-corrected chi connectivity index (χ2v) is 21.8. The number of halogens is 1. The first-order chi connectivity index (χ1) is 38.8. The molecule has 10 rings (SSSR count). The number of methoxy groups -OCH3 is 2. The number of likely N-dealkylation sites (tertiary alicyclic amines) is 1. The lowest BCUT2D eigenvalue weighted by molar-refractivity contribution is -0.151. The van der Waals surface area contributed by atoms with Crippen LogP contribution in [-0.4, -0.2) is 160 Å². The number of nitrogens with one attached hydrogen (secondary N) is 2. The number of allylic oxidation sites excluding steroid dienone is 4. The van der Waals surface area contributed by atoms with Gasteiger partial charge in [0.05, 0.1) is 77.3 Å². The highest BCUT2D eigenvalue weighted by Gasteiger charge is 2.54. The maximum Gasteiger partial charge on any atom is 0.341 e. The number of pyridine rings is 1. The number of phenolic OH excluding ortho intramolecular Hbond substituents is 1. The highest BCUT2D eigenvalue weighted by molar-refractivity contribution is 6.32. The largest absolute Gasteiger partial charge is 0.507 e. The summed E-state index contributed by atoms with van der Waals surface area (Å²) in [5.41, 5.74) is 9.07. The summed E-state index contributed by atoms with van der Waals surface area (Å²) in [7, 11) is 2.65. The lowest BCUT2D eigenvalue weighted by Crippen LogP contribution is -2.59. The number of ketones is 3. The van der Waals surface area contributed by atoms with Crippen LogP contribution < -0.4 is 41.9 Å². The molecule has 2 amide bonds. The first kappa shape index (κ1) is 58.7. The molecular weight excluding hydrogens is 1070 g/mol. The summed E-state index contributed by atoms with van der Waals surface area (Å²) in [6.07, 6.45) is 4.83. The van der Waals surface area contributed by atoms with Crippen molar-refractivity contribution in [3.63, 3.8) is 0 Å². The Balaban J connectivity index is 1.02. The Morgan fingerprint density at radius 2 is 1.65 bits per heavy atom. The standard InChI is InChI=1S/C57H66FN7O17/c1-24-10-8-11-25(2)54(74)62-41-44(64-20-28(21-64)55(75)61-29-12-9-16-63(22-29)43-34(58)19-32-42(52(43)79-7)65(30-13-14-30)23-33(47(32)69)56(76)77)49(71)36-37(48(41)70)46(68)26(3)51-38(36)53(73)57(5,82-51)80-17-15-31(78-6)18-35(81-27(4)66)39(59)50(72)40(60)45(24)67/h8,10-11,15,17,19,23-24,28-31,35,39-40,45,50,67-68,72H,9,12-14,16,18,20-22,59-60H2,1-7H3,(H,61,75)(H,62,74)(H,76,77)/b10-8?,17-15+,25-11-/t24-,29?,31-,35+,39-,40+,45-,50-,57-/m0/s1. The molecule has 5 bridgehead atoms. The molecule has 2 aliphatic carbocycles. The van der Waals surface area contributed by atoms with Crippen LogP contribution in [0.3, 0.4) is 0 Å². The smallest absolute Gasteiger partial charge is 0.341 e. The van der Waals surface area contributed by atoms with E-state index in [1.165, 1.54) is 70.4 Å². The van der Waals surface area contributed by atoms with Crippen molar-refractivity contribution in [1.82, 2.24) is 20.1 Å². The van der Waals surface area contributed by atoms with Gasteiger partial charge in [-0.25, -0.2) is 9.18 Å². The highest BCUT2D eigenvalue weighted by Crippen LogP contribution is 2.50. The molecule has 0 spiro atoms. The first-order valence-corrected chi connectivity index (χ1v) is 26.9. The lowest BCUT2D eigenvalue weighted by Gasteiger charge is -2.43. The maximum absolute atomic E-state index is 16.3. The molecule has 3 aromatic rings. The number of carbonyl (C=O) groups excluding carboxylic acids is 6. The van der Waals surface area contributed by atoms with E-state index in [0.717, 1.165) is 19.3 Å². The van der Waals surface area contributed by atoms with E-state index in [1.807, 2.05) is 0 Å². The average Bonchev–Trinajstić information content (AvgIpc) is 4.38. The lowest BCUT2D eigenvalue weighted by atomic mass is 9.81. The zero-order chi connectivity index (χ0) is 59.5. The number of ether oxygens (including phenoxy) is 5.